The van der Waals surface area contributed by atoms with E-state index in [1.807, 2.05) is 0 Å². The zero-order valence-corrected chi connectivity index (χ0v) is 12.0. The molecule has 0 fully saturated rings. The third kappa shape index (κ3) is 4.68. The zero-order chi connectivity index (χ0) is 15.2. The number of hydrogen-bond donors (Lipinski definition) is 2. The second-order valence-electron chi connectivity index (χ2n) is 4.29. The summed E-state index contributed by atoms with van der Waals surface area (Å²) in [5, 5.41) is 8.59. The Morgan fingerprint density at radius 3 is 2.45 bits per heavy atom. The molecule has 1 aromatic rings. The maximum atomic E-state index is 12.0. The van der Waals surface area contributed by atoms with E-state index in [9.17, 15) is 13.2 Å². The lowest BCUT2D eigenvalue weighted by Crippen LogP contribution is -2.33. The van der Waals surface area contributed by atoms with Crippen LogP contribution in [0, 0.1) is 12.3 Å². The Bertz CT molecular complexity index is 599. The lowest BCUT2D eigenvalue weighted by Gasteiger charge is -2.11. The summed E-state index contributed by atoms with van der Waals surface area (Å²) in [5.41, 5.74) is 0.773. The molecule has 0 aliphatic heterocycles. The molecule has 1 rings (SSSR count). The summed E-state index contributed by atoms with van der Waals surface area (Å²) in [4.78, 5) is 10.6. The van der Waals surface area contributed by atoms with Crippen molar-refractivity contribution in [1.82, 2.24) is 4.72 Å². The van der Waals surface area contributed by atoms with E-state index < -0.39 is 22.0 Å². The van der Waals surface area contributed by atoms with Crippen molar-refractivity contribution in [3.63, 3.8) is 0 Å². The molecular formula is C14H17NO4S. The summed E-state index contributed by atoms with van der Waals surface area (Å²) in [6, 6.07) is 5.57. The summed E-state index contributed by atoms with van der Waals surface area (Å²) in [6.45, 7) is 1.79. The van der Waals surface area contributed by atoms with Crippen LogP contribution in [0.5, 0.6) is 0 Å². The van der Waals surface area contributed by atoms with Crippen LogP contribution in [0.1, 0.15) is 25.3 Å². The van der Waals surface area contributed by atoms with Gasteiger partial charge >= 0.3 is 5.97 Å². The van der Waals surface area contributed by atoms with Crippen LogP contribution in [-0.4, -0.2) is 25.5 Å². The lowest BCUT2D eigenvalue weighted by atomic mass is 10.1. The molecule has 20 heavy (non-hydrogen) atoms. The monoisotopic (exact) mass is 295 g/mol. The zero-order valence-electron chi connectivity index (χ0n) is 11.2. The van der Waals surface area contributed by atoms with Gasteiger partial charge in [0.25, 0.3) is 0 Å². The minimum atomic E-state index is -3.64. The highest BCUT2D eigenvalue weighted by Crippen LogP contribution is 2.12. The first-order valence-corrected chi connectivity index (χ1v) is 7.66. The first kappa shape index (κ1) is 16.2. The molecular weight excluding hydrogens is 278 g/mol. The molecule has 0 aliphatic carbocycles. The predicted molar refractivity (Wildman–Crippen MR) is 75.6 cm³/mol. The van der Waals surface area contributed by atoms with E-state index >= 15 is 0 Å². The molecule has 2 N–H and O–H groups in total. The van der Waals surface area contributed by atoms with E-state index in [2.05, 4.69) is 10.6 Å². The molecule has 6 heteroatoms. The number of benzene rings is 1. The van der Waals surface area contributed by atoms with Crippen molar-refractivity contribution < 1.29 is 18.3 Å². The minimum Gasteiger partial charge on any atom is -0.481 e. The van der Waals surface area contributed by atoms with E-state index in [4.69, 9.17) is 11.5 Å². The number of aryl methyl sites for hydroxylation is 1. The maximum absolute atomic E-state index is 12.0. The molecule has 5 nitrogen and oxygen atoms in total. The van der Waals surface area contributed by atoms with Gasteiger partial charge in [-0.25, -0.2) is 8.42 Å². The van der Waals surface area contributed by atoms with Crippen molar-refractivity contribution in [2.45, 2.75) is 37.1 Å². The fourth-order valence-corrected chi connectivity index (χ4v) is 2.82. The average Bonchev–Trinajstić information content (AvgIpc) is 2.43. The maximum Gasteiger partial charge on any atom is 0.303 e. The van der Waals surface area contributed by atoms with Gasteiger partial charge in [-0.1, -0.05) is 25.0 Å². The van der Waals surface area contributed by atoms with Crippen LogP contribution in [-0.2, 0) is 21.2 Å². The molecule has 0 radical (unpaired) electrons. The van der Waals surface area contributed by atoms with Gasteiger partial charge in [-0.3, -0.25) is 4.79 Å². The van der Waals surface area contributed by atoms with E-state index in [1.165, 1.54) is 12.1 Å². The van der Waals surface area contributed by atoms with Gasteiger partial charge in [0.05, 0.1) is 10.9 Å². The number of nitrogens with one attached hydrogen (secondary N) is 1. The fourth-order valence-electron chi connectivity index (χ4n) is 1.58. The van der Waals surface area contributed by atoms with Crippen molar-refractivity contribution in [2.24, 2.45) is 0 Å². The number of carboxylic acid groups (broad SMARTS) is 1. The van der Waals surface area contributed by atoms with Crippen LogP contribution in [0.4, 0.5) is 0 Å². The molecule has 0 amide bonds. The number of carbonyl (C=O) groups is 1. The van der Waals surface area contributed by atoms with Gasteiger partial charge in [0.2, 0.25) is 10.0 Å². The van der Waals surface area contributed by atoms with Gasteiger partial charge in [0.1, 0.15) is 0 Å². The number of sulfonamides is 1. The third-order valence-electron chi connectivity index (χ3n) is 2.77. The van der Waals surface area contributed by atoms with Crippen molar-refractivity contribution in [3.05, 3.63) is 29.8 Å². The van der Waals surface area contributed by atoms with Crippen LogP contribution in [0.15, 0.2) is 29.2 Å². The summed E-state index contributed by atoms with van der Waals surface area (Å²) < 4.78 is 26.5. The smallest absolute Gasteiger partial charge is 0.303 e. The summed E-state index contributed by atoms with van der Waals surface area (Å²) in [6.07, 6.45) is 6.11. The Hall–Kier alpha value is -1.84. The first-order valence-electron chi connectivity index (χ1n) is 6.18. The normalized spacial score (nSPS) is 12.6. The molecule has 108 valence electrons. The number of aliphatic carboxylic acids is 1. The first-order chi connectivity index (χ1) is 9.39. The second kappa shape index (κ2) is 7.08. The van der Waals surface area contributed by atoms with Crippen LogP contribution in [0.2, 0.25) is 0 Å². The molecule has 0 saturated carbocycles. The molecule has 1 atom stereocenters. The van der Waals surface area contributed by atoms with Crippen molar-refractivity contribution in [3.8, 4) is 12.3 Å². The second-order valence-corrected chi connectivity index (χ2v) is 6.00. The van der Waals surface area contributed by atoms with Gasteiger partial charge in [-0.15, -0.1) is 6.42 Å². The van der Waals surface area contributed by atoms with Crippen LogP contribution in [0.3, 0.4) is 0 Å². The van der Waals surface area contributed by atoms with Crippen LogP contribution in [0.25, 0.3) is 0 Å². The standard InChI is InChI=1S/C14H17NO4S/c1-3-12(4-2)15-20(18,19)13-8-5-11(6-9-13)7-10-14(16)17/h1,5-6,8-9,12,15H,4,7,10H2,2H3,(H,16,17). The molecule has 0 spiro atoms. The van der Waals surface area contributed by atoms with Crippen molar-refractivity contribution >= 4 is 16.0 Å². The molecule has 1 unspecified atom stereocenters. The van der Waals surface area contributed by atoms with Crippen molar-refractivity contribution in [2.75, 3.05) is 0 Å². The summed E-state index contributed by atoms with van der Waals surface area (Å²) >= 11 is 0. The highest BCUT2D eigenvalue weighted by atomic mass is 32.2. The summed E-state index contributed by atoms with van der Waals surface area (Å²) in [5.74, 6) is 1.48. The number of rotatable bonds is 7. The number of terminal acetylenes is 1. The van der Waals surface area contributed by atoms with E-state index in [-0.39, 0.29) is 11.3 Å². The molecule has 0 bridgehead atoms. The molecule has 0 heterocycles. The predicted octanol–water partition coefficient (Wildman–Crippen LogP) is 1.39. The minimum absolute atomic E-state index is 0.0132. The highest BCUT2D eigenvalue weighted by molar-refractivity contribution is 7.89. The van der Waals surface area contributed by atoms with E-state index in [0.717, 1.165) is 5.56 Å². The molecule has 1 aromatic carbocycles. The SMILES string of the molecule is C#CC(CC)NS(=O)(=O)c1ccc(CCC(=O)O)cc1. The highest BCUT2D eigenvalue weighted by Gasteiger charge is 2.17. The largest absolute Gasteiger partial charge is 0.481 e. The fraction of sp³-hybridized carbons (Fsp3) is 0.357. The van der Waals surface area contributed by atoms with Gasteiger partial charge in [0, 0.05) is 6.42 Å². The van der Waals surface area contributed by atoms with Gasteiger partial charge in [0.15, 0.2) is 0 Å². The Labute approximate surface area is 119 Å². The summed E-state index contributed by atoms with van der Waals surface area (Å²) in [7, 11) is -3.64. The van der Waals surface area contributed by atoms with Crippen LogP contribution < -0.4 is 4.72 Å². The molecule has 0 aliphatic rings. The number of carboxylic acids is 1. The average molecular weight is 295 g/mol. The van der Waals surface area contributed by atoms with Crippen LogP contribution >= 0.6 is 0 Å². The van der Waals surface area contributed by atoms with E-state index in [0.29, 0.717) is 12.8 Å². The third-order valence-corrected chi connectivity index (χ3v) is 4.26. The van der Waals surface area contributed by atoms with E-state index in [1.54, 1.807) is 19.1 Å². The van der Waals surface area contributed by atoms with Crippen molar-refractivity contribution in [1.29, 1.82) is 0 Å². The Morgan fingerprint density at radius 2 is 2.00 bits per heavy atom. The number of hydrogen-bond acceptors (Lipinski definition) is 3. The van der Waals surface area contributed by atoms with Gasteiger partial charge in [-0.2, -0.15) is 4.72 Å². The molecule has 0 saturated heterocycles. The Balaban J connectivity index is 2.82. The molecule has 0 aromatic heterocycles. The Morgan fingerprint density at radius 1 is 1.40 bits per heavy atom. The lowest BCUT2D eigenvalue weighted by molar-refractivity contribution is -0.136. The van der Waals surface area contributed by atoms with Gasteiger partial charge < -0.3 is 5.11 Å². The quantitative estimate of drug-likeness (QED) is 0.745. The Kier molecular flexibility index (Phi) is 5.74. The topological polar surface area (TPSA) is 83.5 Å². The van der Waals surface area contributed by atoms with Gasteiger partial charge in [-0.05, 0) is 30.5 Å².